The van der Waals surface area contributed by atoms with Crippen LogP contribution in [0.25, 0.3) is 11.1 Å². The van der Waals surface area contributed by atoms with E-state index in [2.05, 4.69) is 4.98 Å². The summed E-state index contributed by atoms with van der Waals surface area (Å²) in [6.45, 7) is 0. The van der Waals surface area contributed by atoms with Crippen LogP contribution in [0.3, 0.4) is 0 Å². The number of aromatic nitrogens is 1. The molecule has 0 atom stereocenters. The minimum Gasteiger partial charge on any atom is -0.508 e. The van der Waals surface area contributed by atoms with Gasteiger partial charge in [0.15, 0.2) is 5.58 Å². The van der Waals surface area contributed by atoms with Gasteiger partial charge in [-0.25, -0.2) is 4.98 Å². The minimum atomic E-state index is 0.279. The van der Waals surface area contributed by atoms with Crippen LogP contribution < -0.4 is 0 Å². The van der Waals surface area contributed by atoms with E-state index in [1.165, 1.54) is 0 Å². The van der Waals surface area contributed by atoms with Crippen LogP contribution in [0.4, 0.5) is 0 Å². The average Bonchev–Trinajstić information content (AvgIpc) is 2.81. The van der Waals surface area contributed by atoms with Crippen molar-refractivity contribution in [1.29, 1.82) is 0 Å². The lowest BCUT2D eigenvalue weighted by molar-refractivity contribution is 0.475. The maximum Gasteiger partial charge on any atom is 0.205 e. The Bertz CT molecular complexity index is 628. The topological polar surface area (TPSA) is 46.3 Å². The van der Waals surface area contributed by atoms with Gasteiger partial charge in [-0.1, -0.05) is 12.1 Å². The molecule has 18 heavy (non-hydrogen) atoms. The number of hydrogen-bond donors (Lipinski definition) is 1. The van der Waals surface area contributed by atoms with Crippen LogP contribution in [0.5, 0.6) is 5.75 Å². The first-order chi connectivity index (χ1) is 8.81. The molecule has 0 amide bonds. The van der Waals surface area contributed by atoms with Crippen molar-refractivity contribution in [1.82, 2.24) is 4.98 Å². The number of para-hydroxylation sites is 2. The third-order valence-corrected chi connectivity index (χ3v) is 3.53. The van der Waals surface area contributed by atoms with Gasteiger partial charge >= 0.3 is 0 Å². The summed E-state index contributed by atoms with van der Waals surface area (Å²) in [5, 5.41) is 9.20. The Balaban J connectivity index is 1.74. The molecule has 1 heterocycles. The number of aromatic hydroxyl groups is 1. The molecule has 3 aromatic rings. The Labute approximate surface area is 108 Å². The second kappa shape index (κ2) is 4.74. The first-order valence-corrected chi connectivity index (χ1v) is 6.56. The molecular formula is C14H11NO2S. The summed E-state index contributed by atoms with van der Waals surface area (Å²) in [5.74, 6) is 1.68. The summed E-state index contributed by atoms with van der Waals surface area (Å²) in [7, 11) is 0. The zero-order valence-electron chi connectivity index (χ0n) is 9.54. The molecule has 0 fully saturated rings. The summed E-state index contributed by atoms with van der Waals surface area (Å²) in [6.07, 6.45) is 0. The summed E-state index contributed by atoms with van der Waals surface area (Å²) in [4.78, 5) is 5.49. The Morgan fingerprint density at radius 3 is 2.61 bits per heavy atom. The molecule has 0 aliphatic carbocycles. The molecule has 0 aliphatic rings. The highest BCUT2D eigenvalue weighted by atomic mass is 32.2. The van der Waals surface area contributed by atoms with Gasteiger partial charge in [0.25, 0.3) is 0 Å². The molecule has 0 bridgehead atoms. The summed E-state index contributed by atoms with van der Waals surface area (Å²) < 4.78 is 5.63. The lowest BCUT2D eigenvalue weighted by atomic mass is 10.3. The normalized spacial score (nSPS) is 10.9. The third-order valence-electron chi connectivity index (χ3n) is 2.54. The smallest absolute Gasteiger partial charge is 0.205 e. The molecule has 3 nitrogen and oxygen atoms in total. The Morgan fingerprint density at radius 2 is 1.83 bits per heavy atom. The standard InChI is InChI=1S/C14H11NO2S/c16-10-5-7-11(8-6-10)18-9-14-15-12-3-1-2-4-13(12)17-14/h1-8,16H,9H2. The monoisotopic (exact) mass is 257 g/mol. The number of benzene rings is 2. The van der Waals surface area contributed by atoms with E-state index < -0.39 is 0 Å². The highest BCUT2D eigenvalue weighted by molar-refractivity contribution is 7.98. The van der Waals surface area contributed by atoms with Crippen molar-refractivity contribution in [3.8, 4) is 5.75 Å². The van der Waals surface area contributed by atoms with Crippen LogP contribution in [-0.2, 0) is 5.75 Å². The molecule has 0 saturated carbocycles. The van der Waals surface area contributed by atoms with Gasteiger partial charge in [-0.2, -0.15) is 0 Å². The summed E-state index contributed by atoms with van der Waals surface area (Å²) in [5.41, 5.74) is 1.71. The van der Waals surface area contributed by atoms with Crippen LogP contribution in [0.15, 0.2) is 57.8 Å². The number of nitrogens with zero attached hydrogens (tertiary/aromatic N) is 1. The van der Waals surface area contributed by atoms with Crippen molar-refractivity contribution in [2.45, 2.75) is 10.6 Å². The maximum absolute atomic E-state index is 9.20. The fourth-order valence-corrected chi connectivity index (χ4v) is 2.41. The molecule has 90 valence electrons. The molecule has 0 aliphatic heterocycles. The maximum atomic E-state index is 9.20. The molecule has 0 unspecified atom stereocenters. The van der Waals surface area contributed by atoms with Crippen LogP contribution >= 0.6 is 11.8 Å². The average molecular weight is 257 g/mol. The van der Waals surface area contributed by atoms with Crippen molar-refractivity contribution < 1.29 is 9.52 Å². The zero-order chi connectivity index (χ0) is 12.4. The highest BCUT2D eigenvalue weighted by Crippen LogP contribution is 2.25. The first kappa shape index (κ1) is 11.2. The SMILES string of the molecule is Oc1ccc(SCc2nc3ccccc3o2)cc1. The lowest BCUT2D eigenvalue weighted by Crippen LogP contribution is -1.79. The van der Waals surface area contributed by atoms with Gasteiger partial charge < -0.3 is 9.52 Å². The van der Waals surface area contributed by atoms with Crippen molar-refractivity contribution in [3.63, 3.8) is 0 Å². The van der Waals surface area contributed by atoms with Gasteiger partial charge in [0.05, 0.1) is 5.75 Å². The number of phenols is 1. The number of phenolic OH excluding ortho intramolecular Hbond substituents is 1. The van der Waals surface area contributed by atoms with E-state index in [-0.39, 0.29) is 5.75 Å². The van der Waals surface area contributed by atoms with E-state index in [4.69, 9.17) is 4.42 Å². The summed E-state index contributed by atoms with van der Waals surface area (Å²) >= 11 is 1.63. The molecule has 3 rings (SSSR count). The third kappa shape index (κ3) is 2.33. The number of hydrogen-bond acceptors (Lipinski definition) is 4. The second-order valence-corrected chi connectivity index (χ2v) is 4.91. The fraction of sp³-hybridized carbons (Fsp3) is 0.0714. The van der Waals surface area contributed by atoms with Gasteiger partial charge in [-0.15, -0.1) is 11.8 Å². The van der Waals surface area contributed by atoms with E-state index in [0.29, 0.717) is 11.6 Å². The Kier molecular flexibility index (Phi) is 2.94. The predicted octanol–water partition coefficient (Wildman–Crippen LogP) is 3.83. The van der Waals surface area contributed by atoms with Crippen LogP contribution in [0.1, 0.15) is 5.89 Å². The number of rotatable bonds is 3. The van der Waals surface area contributed by atoms with Gasteiger partial charge in [-0.05, 0) is 36.4 Å². The summed E-state index contributed by atoms with van der Waals surface area (Å²) in [6, 6.07) is 14.8. The van der Waals surface area contributed by atoms with Crippen LogP contribution in [-0.4, -0.2) is 10.1 Å². The van der Waals surface area contributed by atoms with Gasteiger partial charge in [0.1, 0.15) is 11.3 Å². The molecule has 2 aromatic carbocycles. The molecular weight excluding hydrogens is 246 g/mol. The van der Waals surface area contributed by atoms with Crippen molar-refractivity contribution in [2.24, 2.45) is 0 Å². The highest BCUT2D eigenvalue weighted by Gasteiger charge is 2.05. The van der Waals surface area contributed by atoms with E-state index >= 15 is 0 Å². The van der Waals surface area contributed by atoms with Crippen molar-refractivity contribution in [2.75, 3.05) is 0 Å². The Hall–Kier alpha value is -1.94. The lowest BCUT2D eigenvalue weighted by Gasteiger charge is -1.98. The quantitative estimate of drug-likeness (QED) is 0.724. The Morgan fingerprint density at radius 1 is 1.06 bits per heavy atom. The number of fused-ring (bicyclic) bond motifs is 1. The first-order valence-electron chi connectivity index (χ1n) is 5.57. The van der Waals surface area contributed by atoms with Gasteiger partial charge in [-0.3, -0.25) is 0 Å². The van der Waals surface area contributed by atoms with E-state index in [0.717, 1.165) is 16.0 Å². The zero-order valence-corrected chi connectivity index (χ0v) is 10.4. The van der Waals surface area contributed by atoms with E-state index in [1.54, 1.807) is 23.9 Å². The number of thioether (sulfide) groups is 1. The van der Waals surface area contributed by atoms with Crippen molar-refractivity contribution >= 4 is 22.9 Å². The number of oxazole rings is 1. The molecule has 1 aromatic heterocycles. The van der Waals surface area contributed by atoms with E-state index in [9.17, 15) is 5.11 Å². The minimum absolute atomic E-state index is 0.279. The second-order valence-electron chi connectivity index (χ2n) is 3.86. The molecule has 4 heteroatoms. The van der Waals surface area contributed by atoms with Gasteiger partial charge in [0, 0.05) is 4.90 Å². The van der Waals surface area contributed by atoms with Gasteiger partial charge in [0.2, 0.25) is 5.89 Å². The molecule has 1 N–H and O–H groups in total. The molecule has 0 radical (unpaired) electrons. The van der Waals surface area contributed by atoms with Crippen LogP contribution in [0.2, 0.25) is 0 Å². The largest absolute Gasteiger partial charge is 0.508 e. The molecule has 0 saturated heterocycles. The van der Waals surface area contributed by atoms with Crippen LogP contribution in [0, 0.1) is 0 Å². The van der Waals surface area contributed by atoms with E-state index in [1.807, 2.05) is 36.4 Å². The molecule has 0 spiro atoms. The predicted molar refractivity (Wildman–Crippen MR) is 71.7 cm³/mol. The fourth-order valence-electron chi connectivity index (χ4n) is 1.67. The van der Waals surface area contributed by atoms with Crippen molar-refractivity contribution in [3.05, 3.63) is 54.4 Å².